The summed E-state index contributed by atoms with van der Waals surface area (Å²) in [5, 5.41) is 2.44. The van der Waals surface area contributed by atoms with Crippen molar-refractivity contribution in [1.29, 1.82) is 0 Å². The summed E-state index contributed by atoms with van der Waals surface area (Å²) in [4.78, 5) is 19.2. The molecule has 5 rings (SSSR count). The molecule has 1 aliphatic heterocycles. The number of piperazine rings is 1. The minimum atomic E-state index is 0.888. The topological polar surface area (TPSA) is 41.5 Å². The molecule has 0 unspecified atom stereocenters. The van der Waals surface area contributed by atoms with Gasteiger partial charge in [-0.05, 0) is 62.1 Å². The fraction of sp³-hybridized carbons (Fsp3) is 0.520. The first-order valence-electron chi connectivity index (χ1n) is 11.8. The monoisotopic (exact) mass is 468 g/mol. The van der Waals surface area contributed by atoms with Crippen molar-refractivity contribution < 1.29 is 4.74 Å². The van der Waals surface area contributed by atoms with E-state index in [4.69, 9.17) is 14.7 Å². The van der Waals surface area contributed by atoms with E-state index < -0.39 is 0 Å². The summed E-state index contributed by atoms with van der Waals surface area (Å²) in [6.07, 6.45) is 5.85. The zero-order valence-corrected chi connectivity index (χ0v) is 20.7. The predicted molar refractivity (Wildman–Crippen MR) is 133 cm³/mol. The summed E-state index contributed by atoms with van der Waals surface area (Å²) in [5.74, 6) is 1.88. The number of likely N-dealkylation sites (N-methyl/N-ethyl adjacent to an activating group) is 1. The normalized spacial score (nSPS) is 17.6. The Kier molecular flexibility index (Phi) is 6.97. The average Bonchev–Trinajstić information content (AvgIpc) is 3.22. The second kappa shape index (κ2) is 10.1. The number of ether oxygens (including phenoxy) is 1. The van der Waals surface area contributed by atoms with Gasteiger partial charge in [-0.15, -0.1) is 11.3 Å². The molecular formula is C25H32N4OS2. The van der Waals surface area contributed by atoms with Gasteiger partial charge >= 0.3 is 0 Å². The fourth-order valence-corrected chi connectivity index (χ4v) is 7.01. The Hall–Kier alpha value is -1.67. The first-order chi connectivity index (χ1) is 15.7. The smallest absolute Gasteiger partial charge is 0.132 e. The van der Waals surface area contributed by atoms with Crippen LogP contribution in [0.1, 0.15) is 36.0 Å². The molecule has 3 aromatic rings. The van der Waals surface area contributed by atoms with Crippen molar-refractivity contribution in [2.24, 2.45) is 0 Å². The van der Waals surface area contributed by atoms with Crippen LogP contribution in [0.15, 0.2) is 34.2 Å². The molecule has 1 aliphatic carbocycles. The van der Waals surface area contributed by atoms with Gasteiger partial charge in [-0.25, -0.2) is 9.97 Å². The van der Waals surface area contributed by atoms with E-state index in [1.54, 1.807) is 18.9 Å². The minimum absolute atomic E-state index is 0.888. The molecular weight excluding hydrogens is 436 g/mol. The van der Waals surface area contributed by atoms with E-state index in [1.807, 2.05) is 23.5 Å². The lowest BCUT2D eigenvalue weighted by atomic mass is 9.97. The maximum atomic E-state index is 5.33. The van der Waals surface area contributed by atoms with Crippen molar-refractivity contribution >= 4 is 33.3 Å². The highest BCUT2D eigenvalue weighted by Gasteiger charge is 2.22. The van der Waals surface area contributed by atoms with Gasteiger partial charge in [-0.1, -0.05) is 18.7 Å². The Labute approximate surface area is 199 Å². The van der Waals surface area contributed by atoms with E-state index in [-0.39, 0.29) is 0 Å². The van der Waals surface area contributed by atoms with Gasteiger partial charge in [-0.2, -0.15) is 0 Å². The van der Waals surface area contributed by atoms with Crippen LogP contribution < -0.4 is 4.74 Å². The summed E-state index contributed by atoms with van der Waals surface area (Å²) < 4.78 is 5.33. The first kappa shape index (κ1) is 22.1. The lowest BCUT2D eigenvalue weighted by Gasteiger charge is -2.33. The lowest BCUT2D eigenvalue weighted by molar-refractivity contribution is 0.138. The van der Waals surface area contributed by atoms with Crippen LogP contribution in [0, 0.1) is 0 Å². The zero-order chi connectivity index (χ0) is 21.9. The number of nitrogens with zero attached hydrogens (tertiary/aromatic N) is 4. The van der Waals surface area contributed by atoms with E-state index in [1.165, 1.54) is 57.9 Å². The van der Waals surface area contributed by atoms with E-state index in [9.17, 15) is 0 Å². The third kappa shape index (κ3) is 4.81. The van der Waals surface area contributed by atoms with E-state index >= 15 is 0 Å². The minimum Gasteiger partial charge on any atom is -0.497 e. The molecule has 0 radical (unpaired) electrons. The summed E-state index contributed by atoms with van der Waals surface area (Å²) >= 11 is 3.68. The highest BCUT2D eigenvalue weighted by Crippen LogP contribution is 2.41. The SMILES string of the molecule is CCN1CCN(CCc2nc(Sc3ccc(OC)cc3)c3c4c(sc3n2)CCCC4)CC1. The summed E-state index contributed by atoms with van der Waals surface area (Å²) in [7, 11) is 1.71. The third-order valence-electron chi connectivity index (χ3n) is 6.67. The van der Waals surface area contributed by atoms with Crippen molar-refractivity contribution in [2.75, 3.05) is 46.4 Å². The number of rotatable bonds is 7. The van der Waals surface area contributed by atoms with Crippen molar-refractivity contribution in [3.05, 3.63) is 40.5 Å². The second-order valence-electron chi connectivity index (χ2n) is 8.64. The lowest BCUT2D eigenvalue weighted by Crippen LogP contribution is -2.46. The van der Waals surface area contributed by atoms with Crippen molar-refractivity contribution in [2.45, 2.75) is 48.9 Å². The van der Waals surface area contributed by atoms with Gasteiger partial charge in [-0.3, -0.25) is 0 Å². The molecule has 1 saturated heterocycles. The van der Waals surface area contributed by atoms with Crippen molar-refractivity contribution in [1.82, 2.24) is 19.8 Å². The Balaban J connectivity index is 1.41. The molecule has 32 heavy (non-hydrogen) atoms. The number of aromatic nitrogens is 2. The largest absolute Gasteiger partial charge is 0.497 e. The van der Waals surface area contributed by atoms with Crippen LogP contribution in [0.5, 0.6) is 5.75 Å². The summed E-state index contributed by atoms with van der Waals surface area (Å²) in [6, 6.07) is 8.31. The van der Waals surface area contributed by atoms with Crippen LogP contribution in [-0.2, 0) is 19.3 Å². The van der Waals surface area contributed by atoms with Gasteiger partial charge in [0.2, 0.25) is 0 Å². The van der Waals surface area contributed by atoms with Crippen molar-refractivity contribution in [3.63, 3.8) is 0 Å². The van der Waals surface area contributed by atoms with E-state index in [2.05, 4.69) is 28.9 Å². The zero-order valence-electron chi connectivity index (χ0n) is 19.1. The van der Waals surface area contributed by atoms with Crippen LogP contribution in [0.25, 0.3) is 10.2 Å². The number of hydrogen-bond acceptors (Lipinski definition) is 7. The second-order valence-corrected chi connectivity index (χ2v) is 10.8. The molecule has 0 saturated carbocycles. The fourth-order valence-electron chi connectivity index (χ4n) is 4.69. The quantitative estimate of drug-likeness (QED) is 0.459. The van der Waals surface area contributed by atoms with Gasteiger partial charge in [0.1, 0.15) is 21.4 Å². The summed E-state index contributed by atoms with van der Waals surface area (Å²) in [6.45, 7) is 9.09. The molecule has 7 heteroatoms. The number of aryl methyl sites for hydroxylation is 2. The number of methoxy groups -OCH3 is 1. The average molecular weight is 469 g/mol. The molecule has 5 nitrogen and oxygen atoms in total. The molecule has 0 atom stereocenters. The number of fused-ring (bicyclic) bond motifs is 3. The Morgan fingerprint density at radius 1 is 1.00 bits per heavy atom. The maximum absolute atomic E-state index is 5.33. The molecule has 3 heterocycles. The van der Waals surface area contributed by atoms with Crippen LogP contribution in [0.4, 0.5) is 0 Å². The molecule has 1 aromatic carbocycles. The van der Waals surface area contributed by atoms with E-state index in [0.717, 1.165) is 55.6 Å². The third-order valence-corrected chi connectivity index (χ3v) is 8.85. The van der Waals surface area contributed by atoms with Crippen LogP contribution in [0.2, 0.25) is 0 Å². The van der Waals surface area contributed by atoms with Crippen LogP contribution in [0.3, 0.4) is 0 Å². The van der Waals surface area contributed by atoms with Gasteiger partial charge in [0.25, 0.3) is 0 Å². The highest BCUT2D eigenvalue weighted by atomic mass is 32.2. The first-order valence-corrected chi connectivity index (χ1v) is 13.4. The number of hydrogen-bond donors (Lipinski definition) is 0. The molecule has 0 bridgehead atoms. The Morgan fingerprint density at radius 2 is 1.75 bits per heavy atom. The van der Waals surface area contributed by atoms with Crippen LogP contribution >= 0.6 is 23.1 Å². The molecule has 1 fully saturated rings. The maximum Gasteiger partial charge on any atom is 0.132 e. The number of thiophene rings is 1. The van der Waals surface area contributed by atoms with Gasteiger partial charge in [0.15, 0.2) is 0 Å². The molecule has 2 aliphatic rings. The van der Waals surface area contributed by atoms with E-state index in [0.29, 0.717) is 0 Å². The van der Waals surface area contributed by atoms with Gasteiger partial charge < -0.3 is 14.5 Å². The Morgan fingerprint density at radius 3 is 2.50 bits per heavy atom. The summed E-state index contributed by atoms with van der Waals surface area (Å²) in [5.41, 5.74) is 1.51. The standard InChI is InChI=1S/C25H32N4OS2/c1-3-28-14-16-29(17-15-28)13-12-22-26-24(31-19-10-8-18(30-2)9-11-19)23-20-6-4-5-7-21(20)32-25(23)27-22/h8-11H,3-7,12-17H2,1-2H3. The predicted octanol–water partition coefficient (Wildman–Crippen LogP) is 4.91. The van der Waals surface area contributed by atoms with Gasteiger partial charge in [0, 0.05) is 54.3 Å². The number of benzene rings is 1. The molecule has 0 amide bonds. The van der Waals surface area contributed by atoms with Gasteiger partial charge in [0.05, 0.1) is 7.11 Å². The highest BCUT2D eigenvalue weighted by molar-refractivity contribution is 7.99. The Bertz CT molecular complexity index is 1060. The molecule has 2 aromatic heterocycles. The molecule has 0 N–H and O–H groups in total. The van der Waals surface area contributed by atoms with Crippen LogP contribution in [-0.4, -0.2) is 66.1 Å². The molecule has 0 spiro atoms. The molecule has 170 valence electrons. The van der Waals surface area contributed by atoms with Crippen molar-refractivity contribution in [3.8, 4) is 5.75 Å².